The molecule has 1 aliphatic rings. The van der Waals surface area contributed by atoms with Crippen LogP contribution in [0.4, 0.5) is 11.4 Å². The summed E-state index contributed by atoms with van der Waals surface area (Å²) >= 11 is 7.70. The zero-order valence-corrected chi connectivity index (χ0v) is 16.0. The highest BCUT2D eigenvalue weighted by molar-refractivity contribution is 7.11. The smallest absolute Gasteiger partial charge is 0.282 e. The molecule has 0 bridgehead atoms. The standard InChI is InChI=1S/C21H15ClN2O2S/c1-23(14-8-3-2-4-9-14)19-18(17-12-7-13-27-17)20(25)24(21(19)26)16-11-6-5-10-15(16)22/h2-13H,1H3. The van der Waals surface area contributed by atoms with Crippen LogP contribution in [0.1, 0.15) is 4.88 Å². The molecule has 4 nitrogen and oxygen atoms in total. The Labute approximate surface area is 165 Å². The van der Waals surface area contributed by atoms with Gasteiger partial charge < -0.3 is 4.90 Å². The Kier molecular flexibility index (Phi) is 4.56. The fraction of sp³-hybridized carbons (Fsp3) is 0.0476. The number of imide groups is 1. The highest BCUT2D eigenvalue weighted by atomic mass is 35.5. The van der Waals surface area contributed by atoms with Gasteiger partial charge in [-0.3, -0.25) is 9.59 Å². The summed E-state index contributed by atoms with van der Waals surface area (Å²) in [4.78, 5) is 30.3. The second-order valence-electron chi connectivity index (χ2n) is 5.99. The van der Waals surface area contributed by atoms with Gasteiger partial charge in [0.05, 0.1) is 16.3 Å². The first-order valence-electron chi connectivity index (χ1n) is 8.30. The Bertz CT molecular complexity index is 1050. The molecule has 2 heterocycles. The van der Waals surface area contributed by atoms with Gasteiger partial charge in [0.15, 0.2) is 0 Å². The number of carbonyl (C=O) groups excluding carboxylic acids is 2. The molecule has 0 N–H and O–H groups in total. The number of hydrogen-bond acceptors (Lipinski definition) is 4. The number of thiophene rings is 1. The van der Waals surface area contributed by atoms with Crippen molar-refractivity contribution in [3.8, 4) is 0 Å². The third kappa shape index (κ3) is 2.95. The van der Waals surface area contributed by atoms with Crippen LogP contribution in [0.15, 0.2) is 77.8 Å². The number of likely N-dealkylation sites (N-methyl/N-ethyl adjacent to an activating group) is 1. The molecule has 0 saturated carbocycles. The first-order chi connectivity index (χ1) is 13.1. The van der Waals surface area contributed by atoms with E-state index in [2.05, 4.69) is 0 Å². The van der Waals surface area contributed by atoms with Crippen LogP contribution in [0.3, 0.4) is 0 Å². The summed E-state index contributed by atoms with van der Waals surface area (Å²) in [6.07, 6.45) is 0. The molecule has 4 rings (SSSR count). The van der Waals surface area contributed by atoms with Gasteiger partial charge in [0.25, 0.3) is 11.8 Å². The second kappa shape index (κ2) is 7.02. The topological polar surface area (TPSA) is 40.6 Å². The minimum atomic E-state index is -0.386. The number of anilines is 2. The predicted octanol–water partition coefficient (Wildman–Crippen LogP) is 4.82. The number of benzene rings is 2. The zero-order valence-electron chi connectivity index (χ0n) is 14.4. The summed E-state index contributed by atoms with van der Waals surface area (Å²) in [6.45, 7) is 0. The van der Waals surface area contributed by atoms with Crippen molar-refractivity contribution in [2.24, 2.45) is 0 Å². The van der Waals surface area contributed by atoms with Crippen LogP contribution in [0, 0.1) is 0 Å². The molecule has 0 spiro atoms. The van der Waals surface area contributed by atoms with Gasteiger partial charge in [0.1, 0.15) is 5.70 Å². The van der Waals surface area contributed by atoms with Crippen molar-refractivity contribution in [2.45, 2.75) is 0 Å². The van der Waals surface area contributed by atoms with Crippen LogP contribution in [-0.4, -0.2) is 18.9 Å². The van der Waals surface area contributed by atoms with Crippen LogP contribution < -0.4 is 9.80 Å². The van der Waals surface area contributed by atoms with Crippen LogP contribution in [0.25, 0.3) is 5.57 Å². The minimum Gasteiger partial charge on any atom is -0.339 e. The predicted molar refractivity (Wildman–Crippen MR) is 110 cm³/mol. The highest BCUT2D eigenvalue weighted by Gasteiger charge is 2.43. The van der Waals surface area contributed by atoms with Gasteiger partial charge in [-0.05, 0) is 35.7 Å². The van der Waals surface area contributed by atoms with Gasteiger partial charge >= 0.3 is 0 Å². The minimum absolute atomic E-state index is 0.341. The van der Waals surface area contributed by atoms with Gasteiger partial charge in [-0.15, -0.1) is 11.3 Å². The van der Waals surface area contributed by atoms with E-state index < -0.39 is 0 Å². The van der Waals surface area contributed by atoms with Gasteiger partial charge in [-0.25, -0.2) is 4.90 Å². The Morgan fingerprint density at radius 2 is 1.59 bits per heavy atom. The average molecular weight is 395 g/mol. The third-order valence-electron chi connectivity index (χ3n) is 4.40. The first-order valence-corrected chi connectivity index (χ1v) is 9.55. The van der Waals surface area contributed by atoms with Crippen LogP contribution in [-0.2, 0) is 9.59 Å². The lowest BCUT2D eigenvalue weighted by atomic mass is 10.1. The normalized spacial score (nSPS) is 14.2. The number of hydrogen-bond donors (Lipinski definition) is 0. The van der Waals surface area contributed by atoms with Crippen molar-refractivity contribution < 1.29 is 9.59 Å². The number of nitrogens with zero attached hydrogens (tertiary/aromatic N) is 2. The molecule has 3 aromatic rings. The molecule has 0 unspecified atom stereocenters. The van der Waals surface area contributed by atoms with Crippen molar-refractivity contribution in [1.29, 1.82) is 0 Å². The highest BCUT2D eigenvalue weighted by Crippen LogP contribution is 2.39. The molecule has 134 valence electrons. The molecule has 0 radical (unpaired) electrons. The number of amides is 2. The molecule has 0 saturated heterocycles. The Balaban J connectivity index is 1.88. The molecule has 6 heteroatoms. The van der Waals surface area contributed by atoms with E-state index in [-0.39, 0.29) is 11.8 Å². The van der Waals surface area contributed by atoms with Gasteiger partial charge in [-0.1, -0.05) is 48.0 Å². The fourth-order valence-corrected chi connectivity index (χ4v) is 4.09. The summed E-state index contributed by atoms with van der Waals surface area (Å²) in [5, 5.41) is 2.24. The largest absolute Gasteiger partial charge is 0.339 e. The number of rotatable bonds is 4. The Morgan fingerprint density at radius 3 is 2.26 bits per heavy atom. The van der Waals surface area contributed by atoms with E-state index in [1.54, 1.807) is 36.2 Å². The van der Waals surface area contributed by atoms with Crippen molar-refractivity contribution in [2.75, 3.05) is 16.8 Å². The maximum atomic E-state index is 13.3. The zero-order chi connectivity index (χ0) is 19.0. The summed E-state index contributed by atoms with van der Waals surface area (Å²) in [5.41, 5.74) is 1.94. The first kappa shape index (κ1) is 17.5. The summed E-state index contributed by atoms with van der Waals surface area (Å²) < 4.78 is 0. The van der Waals surface area contributed by atoms with Crippen molar-refractivity contribution in [3.05, 3.63) is 87.7 Å². The van der Waals surface area contributed by atoms with E-state index in [0.29, 0.717) is 22.0 Å². The maximum Gasteiger partial charge on any atom is 0.282 e. The molecule has 27 heavy (non-hydrogen) atoms. The third-order valence-corrected chi connectivity index (χ3v) is 5.61. The van der Waals surface area contributed by atoms with Crippen molar-refractivity contribution in [1.82, 2.24) is 0 Å². The van der Waals surface area contributed by atoms with Crippen LogP contribution >= 0.6 is 22.9 Å². The van der Waals surface area contributed by atoms with E-state index in [1.807, 2.05) is 47.8 Å². The molecule has 0 aliphatic carbocycles. The second-order valence-corrected chi connectivity index (χ2v) is 7.35. The SMILES string of the molecule is CN(C1=C(c2cccs2)C(=O)N(c2ccccc2Cl)C1=O)c1ccccc1. The molecule has 0 atom stereocenters. The van der Waals surface area contributed by atoms with E-state index in [1.165, 1.54) is 11.3 Å². The number of para-hydroxylation sites is 2. The van der Waals surface area contributed by atoms with E-state index in [0.717, 1.165) is 15.5 Å². The fourth-order valence-electron chi connectivity index (χ4n) is 3.10. The molecule has 2 aromatic carbocycles. The van der Waals surface area contributed by atoms with E-state index in [9.17, 15) is 9.59 Å². The van der Waals surface area contributed by atoms with Crippen molar-refractivity contribution in [3.63, 3.8) is 0 Å². The Morgan fingerprint density at radius 1 is 0.889 bits per heavy atom. The molecule has 1 aliphatic heterocycles. The summed E-state index contributed by atoms with van der Waals surface area (Å²) in [7, 11) is 1.79. The monoisotopic (exact) mass is 394 g/mol. The molecule has 1 aromatic heterocycles. The quantitative estimate of drug-likeness (QED) is 0.595. The van der Waals surface area contributed by atoms with Gasteiger partial charge in [0.2, 0.25) is 0 Å². The van der Waals surface area contributed by atoms with E-state index >= 15 is 0 Å². The van der Waals surface area contributed by atoms with Gasteiger partial charge in [0, 0.05) is 17.6 Å². The van der Waals surface area contributed by atoms with Crippen molar-refractivity contribution >= 4 is 51.7 Å². The molecule has 0 fully saturated rings. The lowest BCUT2D eigenvalue weighted by Gasteiger charge is -2.21. The maximum absolute atomic E-state index is 13.3. The number of carbonyl (C=O) groups is 2. The molecule has 2 amide bonds. The lowest BCUT2D eigenvalue weighted by molar-refractivity contribution is -0.120. The van der Waals surface area contributed by atoms with E-state index in [4.69, 9.17) is 11.6 Å². The van der Waals surface area contributed by atoms with Gasteiger partial charge in [-0.2, -0.15) is 0 Å². The lowest BCUT2D eigenvalue weighted by Crippen LogP contribution is -2.34. The summed E-state index contributed by atoms with van der Waals surface area (Å²) in [5.74, 6) is -0.754. The van der Waals surface area contributed by atoms with Crippen LogP contribution in [0.5, 0.6) is 0 Å². The number of halogens is 1. The molecular formula is C21H15ClN2O2S. The summed E-state index contributed by atoms with van der Waals surface area (Å²) in [6, 6.07) is 20.1. The average Bonchev–Trinajstić information content (AvgIpc) is 3.29. The molecular weight excluding hydrogens is 380 g/mol. The van der Waals surface area contributed by atoms with Crippen LogP contribution in [0.2, 0.25) is 5.02 Å². The Hall–Kier alpha value is -2.89.